The second-order valence-corrected chi connectivity index (χ2v) is 7.25. The highest BCUT2D eigenvalue weighted by Gasteiger charge is 2.23. The summed E-state index contributed by atoms with van der Waals surface area (Å²) < 4.78 is 7.57. The molecule has 4 aromatic rings. The number of halogens is 1. The molecule has 4 rings (SSSR count). The van der Waals surface area contributed by atoms with E-state index in [0.717, 1.165) is 4.88 Å². The van der Waals surface area contributed by atoms with Crippen molar-refractivity contribution >= 4 is 39.8 Å². The Bertz CT molecular complexity index is 1180. The lowest BCUT2D eigenvalue weighted by molar-refractivity contribution is 0.0686. The molecule has 0 unspecified atom stereocenters. The molecule has 0 saturated heterocycles. The molecule has 6 nitrogen and oxygen atoms in total. The van der Waals surface area contributed by atoms with Crippen LogP contribution in [0.4, 0.5) is 0 Å². The maximum absolute atomic E-state index is 11.8. The first-order valence-electron chi connectivity index (χ1n) is 7.54. The van der Waals surface area contributed by atoms with Gasteiger partial charge >= 0.3 is 5.97 Å². The quantitative estimate of drug-likeness (QED) is 0.554. The summed E-state index contributed by atoms with van der Waals surface area (Å²) in [4.78, 5) is 12.6. The molecule has 0 radical (unpaired) electrons. The SMILES string of the molecule is N#Cc1c(C(=O)O)n(Cc2cc(-c3ccc(Cl)s3)on2)c2ccccc12. The molecule has 128 valence electrons. The van der Waals surface area contributed by atoms with Gasteiger partial charge in [0.25, 0.3) is 0 Å². The van der Waals surface area contributed by atoms with Crippen LogP contribution in [-0.4, -0.2) is 20.8 Å². The van der Waals surface area contributed by atoms with Crippen LogP contribution in [0.15, 0.2) is 47.0 Å². The van der Waals surface area contributed by atoms with Crippen LogP contribution in [-0.2, 0) is 6.54 Å². The minimum Gasteiger partial charge on any atom is -0.477 e. The monoisotopic (exact) mass is 383 g/mol. The Morgan fingerprint density at radius 1 is 1.35 bits per heavy atom. The molecule has 1 aromatic carbocycles. The summed E-state index contributed by atoms with van der Waals surface area (Å²) in [5.74, 6) is -0.600. The smallest absolute Gasteiger partial charge is 0.353 e. The number of carboxylic acids is 1. The minimum absolute atomic E-state index is 0.0579. The Hall–Kier alpha value is -3.08. The van der Waals surface area contributed by atoms with E-state index in [9.17, 15) is 15.2 Å². The third-order valence-corrected chi connectivity index (χ3v) is 5.23. The van der Waals surface area contributed by atoms with Gasteiger partial charge in [-0.2, -0.15) is 5.26 Å². The number of aromatic carboxylic acids is 1. The van der Waals surface area contributed by atoms with Crippen molar-refractivity contribution in [2.75, 3.05) is 0 Å². The van der Waals surface area contributed by atoms with Crippen LogP contribution in [0.3, 0.4) is 0 Å². The highest BCUT2D eigenvalue weighted by atomic mass is 35.5. The number of nitrogens with zero attached hydrogens (tertiary/aromatic N) is 3. The summed E-state index contributed by atoms with van der Waals surface area (Å²) in [5, 5.41) is 23.7. The van der Waals surface area contributed by atoms with Gasteiger partial charge in [0.1, 0.15) is 17.5 Å². The van der Waals surface area contributed by atoms with Crippen LogP contribution in [0.1, 0.15) is 21.7 Å². The molecule has 0 saturated carbocycles. The number of carboxylic acid groups (broad SMARTS) is 1. The number of thiophene rings is 1. The Morgan fingerprint density at radius 2 is 2.15 bits per heavy atom. The van der Waals surface area contributed by atoms with Gasteiger partial charge < -0.3 is 14.2 Å². The van der Waals surface area contributed by atoms with Gasteiger partial charge in [0.05, 0.1) is 26.8 Å². The van der Waals surface area contributed by atoms with Gasteiger partial charge in [0.2, 0.25) is 0 Å². The van der Waals surface area contributed by atoms with Crippen LogP contribution in [0.5, 0.6) is 0 Å². The summed E-state index contributed by atoms with van der Waals surface area (Å²) in [6.45, 7) is 0.173. The molecule has 0 bridgehead atoms. The molecule has 0 atom stereocenters. The predicted octanol–water partition coefficient (Wildman–Crippen LogP) is 4.63. The first-order valence-corrected chi connectivity index (χ1v) is 8.74. The van der Waals surface area contributed by atoms with E-state index in [1.807, 2.05) is 12.1 Å². The van der Waals surface area contributed by atoms with Crippen LogP contribution >= 0.6 is 22.9 Å². The molecule has 3 heterocycles. The van der Waals surface area contributed by atoms with Crippen LogP contribution in [0.2, 0.25) is 4.34 Å². The summed E-state index contributed by atoms with van der Waals surface area (Å²) >= 11 is 7.31. The van der Waals surface area contributed by atoms with E-state index >= 15 is 0 Å². The molecule has 1 N–H and O–H groups in total. The zero-order chi connectivity index (χ0) is 18.3. The van der Waals surface area contributed by atoms with Gasteiger partial charge in [-0.3, -0.25) is 0 Å². The standard InChI is InChI=1S/C18H10ClN3O3S/c19-16-6-5-15(26-16)14-7-10(21-25-14)9-22-13-4-2-1-3-11(13)12(8-20)17(22)18(23)24/h1-7H,9H2,(H,23,24). The van der Waals surface area contributed by atoms with Crippen LogP contribution in [0.25, 0.3) is 21.5 Å². The number of carbonyl (C=O) groups is 1. The average Bonchev–Trinajstić information content (AvgIpc) is 3.33. The number of aromatic nitrogens is 2. The fourth-order valence-electron chi connectivity index (χ4n) is 2.91. The summed E-state index contributed by atoms with van der Waals surface area (Å²) in [7, 11) is 0. The second kappa shape index (κ2) is 6.33. The van der Waals surface area contributed by atoms with Crippen LogP contribution < -0.4 is 0 Å². The van der Waals surface area contributed by atoms with Gasteiger partial charge in [-0.25, -0.2) is 4.79 Å². The number of nitriles is 1. The lowest BCUT2D eigenvalue weighted by atomic mass is 10.1. The van der Waals surface area contributed by atoms with Gasteiger partial charge in [-0.05, 0) is 18.2 Å². The van der Waals surface area contributed by atoms with E-state index in [1.54, 1.807) is 41.0 Å². The van der Waals surface area contributed by atoms with E-state index in [1.165, 1.54) is 11.3 Å². The molecule has 0 aliphatic heterocycles. The number of hydrogen-bond acceptors (Lipinski definition) is 5. The first kappa shape index (κ1) is 16.4. The molecule has 26 heavy (non-hydrogen) atoms. The summed E-state index contributed by atoms with van der Waals surface area (Å²) in [5.41, 5.74) is 1.29. The molecule has 0 fully saturated rings. The van der Waals surface area contributed by atoms with E-state index in [4.69, 9.17) is 16.1 Å². The van der Waals surface area contributed by atoms with Crippen molar-refractivity contribution < 1.29 is 14.4 Å². The lowest BCUT2D eigenvalue weighted by Crippen LogP contribution is -2.11. The van der Waals surface area contributed by atoms with Crippen molar-refractivity contribution in [2.45, 2.75) is 6.54 Å². The summed E-state index contributed by atoms with van der Waals surface area (Å²) in [6, 6.07) is 14.4. The van der Waals surface area contributed by atoms with Gasteiger partial charge in [-0.1, -0.05) is 35.0 Å². The fourth-order valence-corrected chi connectivity index (χ4v) is 3.91. The van der Waals surface area contributed by atoms with Gasteiger partial charge in [-0.15, -0.1) is 11.3 Å². The van der Waals surface area contributed by atoms with Crippen molar-refractivity contribution in [1.82, 2.24) is 9.72 Å². The lowest BCUT2D eigenvalue weighted by Gasteiger charge is -2.05. The maximum Gasteiger partial charge on any atom is 0.353 e. The number of rotatable bonds is 4. The van der Waals surface area contributed by atoms with Crippen molar-refractivity contribution in [3.8, 4) is 16.7 Å². The van der Waals surface area contributed by atoms with E-state index < -0.39 is 5.97 Å². The molecule has 0 spiro atoms. The topological polar surface area (TPSA) is 92.1 Å². The molecule has 3 aromatic heterocycles. The zero-order valence-corrected chi connectivity index (χ0v) is 14.7. The predicted molar refractivity (Wildman–Crippen MR) is 97.5 cm³/mol. The Labute approximate surface area is 156 Å². The van der Waals surface area contributed by atoms with Gasteiger partial charge in [0, 0.05) is 11.5 Å². The largest absolute Gasteiger partial charge is 0.477 e. The van der Waals surface area contributed by atoms with Gasteiger partial charge in [0.15, 0.2) is 5.76 Å². The Balaban J connectivity index is 1.81. The highest BCUT2D eigenvalue weighted by Crippen LogP contribution is 2.32. The molecule has 0 aliphatic carbocycles. The fraction of sp³-hybridized carbons (Fsp3) is 0.0556. The van der Waals surface area contributed by atoms with Crippen molar-refractivity contribution in [2.24, 2.45) is 0 Å². The summed E-state index contributed by atoms with van der Waals surface area (Å²) in [6.07, 6.45) is 0. The molecular weight excluding hydrogens is 374 g/mol. The Morgan fingerprint density at radius 3 is 2.85 bits per heavy atom. The van der Waals surface area contributed by atoms with Crippen molar-refractivity contribution in [1.29, 1.82) is 5.26 Å². The van der Waals surface area contributed by atoms with Crippen LogP contribution in [0, 0.1) is 11.3 Å². The van der Waals surface area contributed by atoms with Crippen molar-refractivity contribution in [3.05, 3.63) is 63.8 Å². The molecule has 0 aliphatic rings. The van der Waals surface area contributed by atoms with E-state index in [-0.39, 0.29) is 17.8 Å². The van der Waals surface area contributed by atoms with E-state index in [0.29, 0.717) is 26.7 Å². The zero-order valence-electron chi connectivity index (χ0n) is 13.1. The number of hydrogen-bond donors (Lipinski definition) is 1. The third kappa shape index (κ3) is 2.65. The highest BCUT2D eigenvalue weighted by molar-refractivity contribution is 7.19. The maximum atomic E-state index is 11.8. The number of benzene rings is 1. The van der Waals surface area contributed by atoms with Crippen molar-refractivity contribution in [3.63, 3.8) is 0 Å². The molecule has 0 amide bonds. The van der Waals surface area contributed by atoms with E-state index in [2.05, 4.69) is 5.16 Å². The first-order chi connectivity index (χ1) is 12.6. The molecule has 8 heteroatoms. The molecular formula is C18H10ClN3O3S. The average molecular weight is 384 g/mol. The Kier molecular flexibility index (Phi) is 3.99. The third-order valence-electron chi connectivity index (χ3n) is 3.98. The number of para-hydroxylation sites is 1. The minimum atomic E-state index is -1.16. The number of fused-ring (bicyclic) bond motifs is 1. The second-order valence-electron chi connectivity index (χ2n) is 5.53. The normalized spacial score (nSPS) is 10.9.